The molecule has 7 heteroatoms. The van der Waals surface area contributed by atoms with Gasteiger partial charge in [-0.05, 0) is 48.7 Å². The molecule has 0 radical (unpaired) electrons. The van der Waals surface area contributed by atoms with Gasteiger partial charge in [-0.3, -0.25) is 9.69 Å². The van der Waals surface area contributed by atoms with E-state index < -0.39 is 5.97 Å². The molecule has 1 aliphatic rings. The first-order valence-electron chi connectivity index (χ1n) is 8.27. The predicted octanol–water partition coefficient (Wildman–Crippen LogP) is 3.35. The molecule has 0 heterocycles. The van der Waals surface area contributed by atoms with Crippen LogP contribution in [0.4, 0.5) is 5.69 Å². The number of anilines is 1. The minimum absolute atomic E-state index is 0.0485. The highest BCUT2D eigenvalue weighted by Crippen LogP contribution is 2.28. The fourth-order valence-electron chi connectivity index (χ4n) is 2.74. The van der Waals surface area contributed by atoms with Gasteiger partial charge in [-0.15, -0.1) is 0 Å². The second-order valence-corrected chi connectivity index (χ2v) is 6.76. The van der Waals surface area contributed by atoms with Crippen molar-refractivity contribution in [2.45, 2.75) is 25.4 Å². The number of phenols is 1. The number of phenolic OH excluding ortho intramolecular Hbond substituents is 1. The van der Waals surface area contributed by atoms with Crippen molar-refractivity contribution >= 4 is 29.2 Å². The Labute approximate surface area is 156 Å². The summed E-state index contributed by atoms with van der Waals surface area (Å²) in [4.78, 5) is 25.6. The van der Waals surface area contributed by atoms with Gasteiger partial charge in [-0.2, -0.15) is 0 Å². The number of carbonyl (C=O) groups is 2. The Morgan fingerprint density at radius 3 is 2.46 bits per heavy atom. The van der Waals surface area contributed by atoms with Crippen molar-refractivity contribution in [2.24, 2.45) is 0 Å². The standard InChI is InChI=1S/C19H19ClN2O4/c20-17-8-3-13(9-16(17)19(25)26)21-18(24)11-22(14-4-5-14)10-12-1-6-15(23)7-2-12/h1-3,6-9,14,23H,4-5,10-11H2,(H,21,24)(H,25,26). The lowest BCUT2D eigenvalue weighted by molar-refractivity contribution is -0.117. The molecule has 2 aromatic rings. The maximum atomic E-state index is 12.4. The first-order chi connectivity index (χ1) is 12.4. The van der Waals surface area contributed by atoms with Crippen molar-refractivity contribution in [3.8, 4) is 5.75 Å². The van der Waals surface area contributed by atoms with E-state index in [9.17, 15) is 14.7 Å². The minimum atomic E-state index is -1.14. The largest absolute Gasteiger partial charge is 0.508 e. The fourth-order valence-corrected chi connectivity index (χ4v) is 2.94. The number of halogens is 1. The number of benzene rings is 2. The van der Waals surface area contributed by atoms with Gasteiger partial charge in [0.25, 0.3) is 0 Å². The molecule has 136 valence electrons. The molecular formula is C19H19ClN2O4. The average molecular weight is 375 g/mol. The van der Waals surface area contributed by atoms with Gasteiger partial charge in [0.1, 0.15) is 5.75 Å². The number of rotatable bonds is 7. The number of amides is 1. The lowest BCUT2D eigenvalue weighted by atomic mass is 10.2. The summed E-state index contributed by atoms with van der Waals surface area (Å²) >= 11 is 5.84. The summed E-state index contributed by atoms with van der Waals surface area (Å²) in [5, 5.41) is 21.3. The van der Waals surface area contributed by atoms with E-state index in [0.29, 0.717) is 18.3 Å². The molecular weight excluding hydrogens is 356 g/mol. The second kappa shape index (κ2) is 7.76. The van der Waals surface area contributed by atoms with E-state index in [1.54, 1.807) is 18.2 Å². The molecule has 3 rings (SSSR count). The highest BCUT2D eigenvalue weighted by Gasteiger charge is 2.30. The van der Waals surface area contributed by atoms with Crippen LogP contribution in [0.15, 0.2) is 42.5 Å². The van der Waals surface area contributed by atoms with Crippen molar-refractivity contribution in [2.75, 3.05) is 11.9 Å². The number of aromatic carboxylic acids is 1. The molecule has 0 saturated heterocycles. The van der Waals surface area contributed by atoms with Gasteiger partial charge < -0.3 is 15.5 Å². The molecule has 1 fully saturated rings. The highest BCUT2D eigenvalue weighted by atomic mass is 35.5. The Morgan fingerprint density at radius 2 is 1.85 bits per heavy atom. The van der Waals surface area contributed by atoms with Crippen LogP contribution in [0, 0.1) is 0 Å². The molecule has 1 aliphatic carbocycles. The topological polar surface area (TPSA) is 89.9 Å². The first kappa shape index (κ1) is 18.2. The summed E-state index contributed by atoms with van der Waals surface area (Å²) in [6.07, 6.45) is 2.10. The van der Waals surface area contributed by atoms with Crippen LogP contribution in [0.3, 0.4) is 0 Å². The molecule has 0 aliphatic heterocycles. The lowest BCUT2D eigenvalue weighted by Crippen LogP contribution is -2.34. The summed E-state index contributed by atoms with van der Waals surface area (Å²) < 4.78 is 0. The van der Waals surface area contributed by atoms with Crippen LogP contribution in [0.25, 0.3) is 0 Å². The zero-order valence-corrected chi connectivity index (χ0v) is 14.7. The van der Waals surface area contributed by atoms with E-state index in [1.165, 1.54) is 12.1 Å². The van der Waals surface area contributed by atoms with Gasteiger partial charge >= 0.3 is 5.97 Å². The quantitative estimate of drug-likeness (QED) is 0.691. The van der Waals surface area contributed by atoms with Gasteiger partial charge in [0.2, 0.25) is 5.91 Å². The van der Waals surface area contributed by atoms with E-state index in [1.807, 2.05) is 12.1 Å². The normalized spacial score (nSPS) is 13.6. The Kier molecular flexibility index (Phi) is 5.44. The molecule has 0 atom stereocenters. The monoisotopic (exact) mass is 374 g/mol. The SMILES string of the molecule is O=C(CN(Cc1ccc(O)cc1)C1CC1)Nc1ccc(Cl)c(C(=O)O)c1. The number of carboxylic acids is 1. The summed E-state index contributed by atoms with van der Waals surface area (Å²) in [6.45, 7) is 0.815. The molecule has 1 saturated carbocycles. The molecule has 1 amide bonds. The van der Waals surface area contributed by atoms with E-state index in [4.69, 9.17) is 16.7 Å². The number of aromatic hydroxyl groups is 1. The third-order valence-corrected chi connectivity index (χ3v) is 4.54. The molecule has 0 spiro atoms. The Morgan fingerprint density at radius 1 is 1.15 bits per heavy atom. The first-order valence-corrected chi connectivity index (χ1v) is 8.65. The fraction of sp³-hybridized carbons (Fsp3) is 0.263. The van der Waals surface area contributed by atoms with Crippen LogP contribution in [-0.4, -0.2) is 39.6 Å². The van der Waals surface area contributed by atoms with Crippen LogP contribution >= 0.6 is 11.6 Å². The summed E-state index contributed by atoms with van der Waals surface area (Å²) in [5.41, 5.74) is 1.37. The van der Waals surface area contributed by atoms with Crippen molar-refractivity contribution in [1.29, 1.82) is 0 Å². The maximum Gasteiger partial charge on any atom is 0.337 e. The van der Waals surface area contributed by atoms with Crippen LogP contribution in [0.2, 0.25) is 5.02 Å². The van der Waals surface area contributed by atoms with E-state index >= 15 is 0 Å². The predicted molar refractivity (Wildman–Crippen MR) is 98.6 cm³/mol. The Hall–Kier alpha value is -2.57. The summed E-state index contributed by atoms with van der Waals surface area (Å²) in [7, 11) is 0. The third-order valence-electron chi connectivity index (χ3n) is 4.21. The number of hydrogen-bond acceptors (Lipinski definition) is 4. The molecule has 0 aromatic heterocycles. The van der Waals surface area contributed by atoms with Gasteiger partial charge in [0, 0.05) is 18.3 Å². The zero-order chi connectivity index (χ0) is 18.7. The summed E-state index contributed by atoms with van der Waals surface area (Å²) in [5.74, 6) is -1.14. The van der Waals surface area contributed by atoms with Crippen molar-refractivity contribution in [1.82, 2.24) is 4.90 Å². The minimum Gasteiger partial charge on any atom is -0.508 e. The van der Waals surface area contributed by atoms with Crippen molar-refractivity contribution in [3.63, 3.8) is 0 Å². The van der Waals surface area contributed by atoms with Gasteiger partial charge in [0.15, 0.2) is 0 Å². The zero-order valence-electron chi connectivity index (χ0n) is 14.0. The number of nitrogens with zero attached hydrogens (tertiary/aromatic N) is 1. The number of carboxylic acid groups (broad SMARTS) is 1. The highest BCUT2D eigenvalue weighted by molar-refractivity contribution is 6.33. The Balaban J connectivity index is 1.64. The molecule has 26 heavy (non-hydrogen) atoms. The average Bonchev–Trinajstić information content (AvgIpc) is 3.43. The van der Waals surface area contributed by atoms with Crippen LogP contribution in [0.1, 0.15) is 28.8 Å². The summed E-state index contributed by atoms with van der Waals surface area (Å²) in [6, 6.07) is 11.7. The van der Waals surface area contributed by atoms with E-state index in [-0.39, 0.29) is 28.8 Å². The lowest BCUT2D eigenvalue weighted by Gasteiger charge is -2.21. The van der Waals surface area contributed by atoms with Gasteiger partial charge in [-0.1, -0.05) is 23.7 Å². The molecule has 0 bridgehead atoms. The van der Waals surface area contributed by atoms with Crippen LogP contribution < -0.4 is 5.32 Å². The van der Waals surface area contributed by atoms with Gasteiger partial charge in [0.05, 0.1) is 17.1 Å². The van der Waals surface area contributed by atoms with Crippen LogP contribution in [0.5, 0.6) is 5.75 Å². The van der Waals surface area contributed by atoms with Crippen LogP contribution in [-0.2, 0) is 11.3 Å². The second-order valence-electron chi connectivity index (χ2n) is 6.35. The molecule has 0 unspecified atom stereocenters. The third kappa shape index (κ3) is 4.74. The Bertz CT molecular complexity index is 819. The molecule has 2 aromatic carbocycles. The number of nitrogens with one attached hydrogen (secondary N) is 1. The van der Waals surface area contributed by atoms with E-state index in [0.717, 1.165) is 18.4 Å². The van der Waals surface area contributed by atoms with Crippen molar-refractivity contribution < 1.29 is 19.8 Å². The van der Waals surface area contributed by atoms with E-state index in [2.05, 4.69) is 10.2 Å². The van der Waals surface area contributed by atoms with Crippen molar-refractivity contribution in [3.05, 3.63) is 58.6 Å². The molecule has 6 nitrogen and oxygen atoms in total. The number of hydrogen-bond donors (Lipinski definition) is 3. The van der Waals surface area contributed by atoms with Gasteiger partial charge in [-0.25, -0.2) is 4.79 Å². The smallest absolute Gasteiger partial charge is 0.337 e. The number of carbonyl (C=O) groups excluding carboxylic acids is 1. The maximum absolute atomic E-state index is 12.4. The molecule has 3 N–H and O–H groups in total.